The van der Waals surface area contributed by atoms with Gasteiger partial charge in [-0.25, -0.2) is 0 Å². The molecule has 0 bridgehead atoms. The van der Waals surface area contributed by atoms with Crippen molar-refractivity contribution in [2.24, 2.45) is 17.8 Å². The molecule has 2 rings (SSSR count). The van der Waals surface area contributed by atoms with Gasteiger partial charge in [0, 0.05) is 18.6 Å². The number of aliphatic hydroxyl groups excluding tert-OH is 1. The third kappa shape index (κ3) is 3.72. The molecule has 0 amide bonds. The van der Waals surface area contributed by atoms with E-state index in [4.69, 9.17) is 0 Å². The zero-order valence-corrected chi connectivity index (χ0v) is 13.3. The van der Waals surface area contributed by atoms with Crippen LogP contribution >= 0.6 is 0 Å². The molecule has 1 N–H and O–H groups in total. The van der Waals surface area contributed by atoms with Crippen molar-refractivity contribution >= 4 is 0 Å². The molecule has 112 valence electrons. The molecule has 0 aromatic heterocycles. The number of hydrogen-bond acceptors (Lipinski definition) is 2. The summed E-state index contributed by atoms with van der Waals surface area (Å²) in [4.78, 5) is 2.69. The number of rotatable bonds is 4. The molecule has 19 heavy (non-hydrogen) atoms. The summed E-state index contributed by atoms with van der Waals surface area (Å²) in [5.41, 5.74) is 0. The van der Waals surface area contributed by atoms with E-state index in [9.17, 15) is 5.11 Å². The van der Waals surface area contributed by atoms with Crippen LogP contribution in [0.3, 0.4) is 0 Å². The second-order valence-corrected chi connectivity index (χ2v) is 7.64. The zero-order valence-electron chi connectivity index (χ0n) is 13.3. The van der Waals surface area contributed by atoms with Crippen molar-refractivity contribution in [3.05, 3.63) is 0 Å². The summed E-state index contributed by atoms with van der Waals surface area (Å²) in [5.74, 6) is 2.02. The Morgan fingerprint density at radius 3 is 2.26 bits per heavy atom. The van der Waals surface area contributed by atoms with Crippen LogP contribution in [0.15, 0.2) is 0 Å². The van der Waals surface area contributed by atoms with Crippen LogP contribution in [0.2, 0.25) is 0 Å². The van der Waals surface area contributed by atoms with Crippen LogP contribution < -0.4 is 0 Å². The molecule has 4 unspecified atom stereocenters. The van der Waals surface area contributed by atoms with E-state index in [1.54, 1.807) is 0 Å². The third-order valence-corrected chi connectivity index (χ3v) is 5.15. The van der Waals surface area contributed by atoms with Crippen LogP contribution in [0.1, 0.15) is 66.2 Å². The highest BCUT2D eigenvalue weighted by molar-refractivity contribution is 4.93. The maximum Gasteiger partial charge on any atom is 0.0700 e. The molecule has 2 nitrogen and oxygen atoms in total. The SMILES string of the molecule is CC(C)CN(C1CCCC1)C1C(C)CC(C)CC1O. The number of hydrogen-bond donors (Lipinski definition) is 1. The predicted molar refractivity (Wildman–Crippen MR) is 81.2 cm³/mol. The fourth-order valence-electron chi connectivity index (χ4n) is 4.52. The van der Waals surface area contributed by atoms with Gasteiger partial charge in [0.1, 0.15) is 0 Å². The van der Waals surface area contributed by atoms with Gasteiger partial charge in [0.25, 0.3) is 0 Å². The van der Waals surface area contributed by atoms with Gasteiger partial charge >= 0.3 is 0 Å². The number of nitrogens with zero attached hydrogens (tertiary/aromatic N) is 1. The molecule has 0 aromatic carbocycles. The summed E-state index contributed by atoms with van der Waals surface area (Å²) in [6, 6.07) is 1.14. The van der Waals surface area contributed by atoms with Crippen molar-refractivity contribution in [2.75, 3.05) is 6.54 Å². The van der Waals surface area contributed by atoms with Gasteiger partial charge in [0.05, 0.1) is 6.10 Å². The Morgan fingerprint density at radius 1 is 1.11 bits per heavy atom. The summed E-state index contributed by atoms with van der Waals surface area (Å²) in [5, 5.41) is 10.6. The van der Waals surface area contributed by atoms with Crippen LogP contribution in [0.4, 0.5) is 0 Å². The van der Waals surface area contributed by atoms with Crippen molar-refractivity contribution < 1.29 is 5.11 Å². The van der Waals surface area contributed by atoms with E-state index in [2.05, 4.69) is 32.6 Å². The first-order valence-corrected chi connectivity index (χ1v) is 8.42. The van der Waals surface area contributed by atoms with Crippen LogP contribution in [0, 0.1) is 17.8 Å². The van der Waals surface area contributed by atoms with Gasteiger partial charge in [0.2, 0.25) is 0 Å². The fourth-order valence-corrected chi connectivity index (χ4v) is 4.52. The summed E-state index contributed by atoms with van der Waals surface area (Å²) in [6.07, 6.45) is 7.62. The molecular formula is C17H33NO. The maximum atomic E-state index is 10.6. The standard InChI is InChI=1S/C17H33NO/c1-12(2)11-18(15-7-5-6-8-15)17-14(4)9-13(3)10-16(17)19/h12-17,19H,5-11H2,1-4H3. The van der Waals surface area contributed by atoms with E-state index >= 15 is 0 Å². The molecule has 2 aliphatic carbocycles. The first kappa shape index (κ1) is 15.3. The summed E-state index contributed by atoms with van der Waals surface area (Å²) in [7, 11) is 0. The topological polar surface area (TPSA) is 23.5 Å². The Kier molecular flexibility index (Phi) is 5.30. The predicted octanol–water partition coefficient (Wildman–Crippen LogP) is 3.68. The third-order valence-electron chi connectivity index (χ3n) is 5.15. The van der Waals surface area contributed by atoms with E-state index in [0.29, 0.717) is 23.8 Å². The van der Waals surface area contributed by atoms with Gasteiger partial charge in [-0.2, -0.15) is 0 Å². The first-order valence-electron chi connectivity index (χ1n) is 8.42. The first-order chi connectivity index (χ1) is 8.99. The Balaban J connectivity index is 2.11. The lowest BCUT2D eigenvalue weighted by Crippen LogP contribution is -2.55. The molecular weight excluding hydrogens is 234 g/mol. The van der Waals surface area contributed by atoms with Gasteiger partial charge in [-0.05, 0) is 43.4 Å². The molecule has 0 spiro atoms. The molecule has 0 heterocycles. The van der Waals surface area contributed by atoms with E-state index < -0.39 is 0 Å². The monoisotopic (exact) mass is 267 g/mol. The minimum absolute atomic E-state index is 0.113. The molecule has 0 saturated heterocycles. The molecule has 2 heteroatoms. The van der Waals surface area contributed by atoms with Gasteiger partial charge < -0.3 is 5.11 Å². The molecule has 4 atom stereocenters. The molecule has 0 aromatic rings. The minimum atomic E-state index is -0.113. The van der Waals surface area contributed by atoms with Crippen LogP contribution in [-0.2, 0) is 0 Å². The second-order valence-electron chi connectivity index (χ2n) is 7.64. The van der Waals surface area contributed by atoms with Crippen molar-refractivity contribution in [3.63, 3.8) is 0 Å². The highest BCUT2D eigenvalue weighted by Gasteiger charge is 2.40. The average Bonchev–Trinajstić information content (AvgIpc) is 2.78. The fraction of sp³-hybridized carbons (Fsp3) is 1.00. The largest absolute Gasteiger partial charge is 0.391 e. The molecule has 0 radical (unpaired) electrons. The smallest absolute Gasteiger partial charge is 0.0700 e. The molecule has 2 saturated carbocycles. The highest BCUT2D eigenvalue weighted by Crippen LogP contribution is 2.36. The summed E-state index contributed by atoms with van der Waals surface area (Å²) >= 11 is 0. The number of aliphatic hydroxyl groups is 1. The van der Waals surface area contributed by atoms with Crippen molar-refractivity contribution in [2.45, 2.75) is 84.4 Å². The van der Waals surface area contributed by atoms with E-state index in [0.717, 1.165) is 19.0 Å². The Hall–Kier alpha value is -0.0800. The van der Waals surface area contributed by atoms with Crippen LogP contribution in [-0.4, -0.2) is 34.7 Å². The normalized spacial score (nSPS) is 37.4. The van der Waals surface area contributed by atoms with Crippen molar-refractivity contribution in [1.82, 2.24) is 4.90 Å². The lowest BCUT2D eigenvalue weighted by molar-refractivity contribution is -0.0456. The second kappa shape index (κ2) is 6.58. The van der Waals surface area contributed by atoms with E-state index in [1.807, 2.05) is 0 Å². The summed E-state index contributed by atoms with van der Waals surface area (Å²) in [6.45, 7) is 10.4. The Labute approximate surface area is 119 Å². The van der Waals surface area contributed by atoms with Crippen LogP contribution in [0.25, 0.3) is 0 Å². The average molecular weight is 267 g/mol. The molecule has 2 fully saturated rings. The zero-order chi connectivity index (χ0) is 14.0. The van der Waals surface area contributed by atoms with Gasteiger partial charge in [-0.1, -0.05) is 40.5 Å². The minimum Gasteiger partial charge on any atom is -0.391 e. The van der Waals surface area contributed by atoms with Gasteiger partial charge in [-0.3, -0.25) is 4.90 Å². The van der Waals surface area contributed by atoms with Gasteiger partial charge in [0.15, 0.2) is 0 Å². The van der Waals surface area contributed by atoms with Gasteiger partial charge in [-0.15, -0.1) is 0 Å². The Bertz CT molecular complexity index is 260. The lowest BCUT2D eigenvalue weighted by Gasteiger charge is -2.47. The van der Waals surface area contributed by atoms with Crippen molar-refractivity contribution in [1.29, 1.82) is 0 Å². The van der Waals surface area contributed by atoms with Crippen LogP contribution in [0.5, 0.6) is 0 Å². The van der Waals surface area contributed by atoms with E-state index in [1.165, 1.54) is 32.1 Å². The lowest BCUT2D eigenvalue weighted by atomic mass is 9.76. The maximum absolute atomic E-state index is 10.6. The molecule has 2 aliphatic rings. The quantitative estimate of drug-likeness (QED) is 0.840. The van der Waals surface area contributed by atoms with Crippen molar-refractivity contribution in [3.8, 4) is 0 Å². The summed E-state index contributed by atoms with van der Waals surface area (Å²) < 4.78 is 0. The Morgan fingerprint density at radius 2 is 1.74 bits per heavy atom. The van der Waals surface area contributed by atoms with E-state index in [-0.39, 0.29) is 6.10 Å². The highest BCUT2D eigenvalue weighted by atomic mass is 16.3. The molecule has 0 aliphatic heterocycles.